The summed E-state index contributed by atoms with van der Waals surface area (Å²) in [4.78, 5) is 32.7. The lowest BCUT2D eigenvalue weighted by Gasteiger charge is -2.34. The van der Waals surface area contributed by atoms with E-state index in [1.54, 1.807) is 11.1 Å². The van der Waals surface area contributed by atoms with Crippen molar-refractivity contribution in [2.75, 3.05) is 4.90 Å². The Morgan fingerprint density at radius 3 is 2.64 bits per heavy atom. The summed E-state index contributed by atoms with van der Waals surface area (Å²) in [5, 5.41) is 16.3. The molecule has 8 nitrogen and oxygen atoms in total. The average molecular weight is 503 g/mol. The highest BCUT2D eigenvalue weighted by atomic mass is 32.2. The van der Waals surface area contributed by atoms with E-state index < -0.39 is 11.3 Å². The monoisotopic (exact) mass is 502 g/mol. The summed E-state index contributed by atoms with van der Waals surface area (Å²) in [5.41, 5.74) is 2.27. The average Bonchev–Trinajstić information content (AvgIpc) is 3.25. The number of hydrogen-bond acceptors (Lipinski definition) is 6. The molecule has 1 saturated carbocycles. The number of hydrogen-bond donors (Lipinski definition) is 3. The van der Waals surface area contributed by atoms with Crippen LogP contribution in [0.1, 0.15) is 37.3 Å². The Labute approximate surface area is 213 Å². The number of pyridine rings is 1. The van der Waals surface area contributed by atoms with Crippen LogP contribution >= 0.6 is 11.8 Å². The quantitative estimate of drug-likeness (QED) is 0.469. The van der Waals surface area contributed by atoms with Crippen molar-refractivity contribution in [3.8, 4) is 11.5 Å². The molecule has 0 saturated heterocycles. The lowest BCUT2D eigenvalue weighted by atomic mass is 9.92. The van der Waals surface area contributed by atoms with Gasteiger partial charge in [-0.3, -0.25) is 9.69 Å². The molecule has 2 unspecified atom stereocenters. The van der Waals surface area contributed by atoms with Gasteiger partial charge >= 0.3 is 6.03 Å². The molecule has 3 aromatic rings. The van der Waals surface area contributed by atoms with Gasteiger partial charge in [-0.15, -0.1) is 0 Å². The van der Waals surface area contributed by atoms with Gasteiger partial charge in [-0.1, -0.05) is 30.0 Å². The molecule has 6 rings (SSSR count). The predicted molar refractivity (Wildman–Crippen MR) is 137 cm³/mol. The summed E-state index contributed by atoms with van der Waals surface area (Å²) < 4.78 is 5.88. The number of nitrogens with one attached hydrogen (secondary N) is 2. The van der Waals surface area contributed by atoms with E-state index >= 15 is 0 Å². The first kappa shape index (κ1) is 22.9. The summed E-state index contributed by atoms with van der Waals surface area (Å²) in [6, 6.07) is 17.8. The molecular weight excluding hydrogens is 476 g/mol. The zero-order chi connectivity index (χ0) is 24.6. The summed E-state index contributed by atoms with van der Waals surface area (Å²) in [6.45, 7) is 0. The molecule has 1 aromatic heterocycles. The number of carbonyl (C=O) groups is 2. The van der Waals surface area contributed by atoms with Crippen molar-refractivity contribution < 1.29 is 19.4 Å². The molecule has 9 heteroatoms. The molecule has 184 valence electrons. The highest BCUT2D eigenvalue weighted by Gasteiger charge is 2.47. The standard InChI is InChI=1S/C27H26N4O4S/c32-18-6-4-5-16(15-18)29-25(33)24-23-22-21(13-14-28-26(22)36-24)31(27(34)30-23)17-9-11-20(12-10-17)35-19-7-2-1-3-8-19/h1-3,7-14,16,18,23-24,32H,4-6,15H2,(H,29,33)(H,30,34)/t16-,18+,23?,24?/m1/s1. The van der Waals surface area contributed by atoms with E-state index in [9.17, 15) is 14.7 Å². The Morgan fingerprint density at radius 2 is 1.86 bits per heavy atom. The fourth-order valence-corrected chi connectivity index (χ4v) is 6.38. The summed E-state index contributed by atoms with van der Waals surface area (Å²) >= 11 is 1.38. The van der Waals surface area contributed by atoms with Crippen LogP contribution in [0.4, 0.5) is 16.2 Å². The van der Waals surface area contributed by atoms with E-state index in [0.29, 0.717) is 17.9 Å². The second kappa shape index (κ2) is 9.48. The fraction of sp³-hybridized carbons (Fsp3) is 0.296. The van der Waals surface area contributed by atoms with Crippen molar-refractivity contribution in [2.24, 2.45) is 0 Å². The van der Waals surface area contributed by atoms with Crippen molar-refractivity contribution in [3.05, 3.63) is 72.4 Å². The lowest BCUT2D eigenvalue weighted by Crippen LogP contribution is -2.50. The van der Waals surface area contributed by atoms with Crippen LogP contribution in [0.15, 0.2) is 71.9 Å². The number of thioether (sulfide) groups is 1. The largest absolute Gasteiger partial charge is 0.457 e. The minimum absolute atomic E-state index is 0.0506. The number of para-hydroxylation sites is 1. The van der Waals surface area contributed by atoms with Gasteiger partial charge in [0, 0.05) is 17.8 Å². The van der Waals surface area contributed by atoms with Crippen LogP contribution in [0, 0.1) is 0 Å². The van der Waals surface area contributed by atoms with Gasteiger partial charge in [0.15, 0.2) is 0 Å². The summed E-state index contributed by atoms with van der Waals surface area (Å²) in [7, 11) is 0. The second-order valence-corrected chi connectivity index (χ2v) is 10.4. The zero-order valence-corrected chi connectivity index (χ0v) is 20.3. The maximum absolute atomic E-state index is 13.3. The molecule has 3 N–H and O–H groups in total. The van der Waals surface area contributed by atoms with Crippen LogP contribution in [-0.4, -0.2) is 39.4 Å². The van der Waals surface area contributed by atoms with E-state index in [1.807, 2.05) is 60.7 Å². The third kappa shape index (κ3) is 4.29. The van der Waals surface area contributed by atoms with Crippen LogP contribution in [0.25, 0.3) is 0 Å². The van der Waals surface area contributed by atoms with Crippen LogP contribution in [0.5, 0.6) is 11.5 Å². The number of nitrogens with zero attached hydrogens (tertiary/aromatic N) is 2. The third-order valence-electron chi connectivity index (χ3n) is 6.83. The molecular formula is C27H26N4O4S. The molecule has 2 aliphatic heterocycles. The molecule has 1 aliphatic carbocycles. The first-order valence-electron chi connectivity index (χ1n) is 12.1. The second-order valence-electron chi connectivity index (χ2n) is 9.28. The first-order valence-corrected chi connectivity index (χ1v) is 13.0. The maximum Gasteiger partial charge on any atom is 0.327 e. The highest BCUT2D eigenvalue weighted by molar-refractivity contribution is 8.01. The predicted octanol–water partition coefficient (Wildman–Crippen LogP) is 4.67. The van der Waals surface area contributed by atoms with E-state index in [1.165, 1.54) is 11.8 Å². The topological polar surface area (TPSA) is 104 Å². The molecule has 3 heterocycles. The number of ether oxygens (including phenoxy) is 1. The molecule has 1 fully saturated rings. The SMILES string of the molecule is O=C(N[C@@H]1CCC[C@H](O)C1)C1Sc2nccc3c2C1NC(=O)N3c1ccc(Oc2ccccc2)cc1. The molecule has 2 aromatic carbocycles. The zero-order valence-electron chi connectivity index (χ0n) is 19.5. The molecule has 3 aliphatic rings. The van der Waals surface area contributed by atoms with E-state index in [2.05, 4.69) is 15.6 Å². The fourth-order valence-electron chi connectivity index (χ4n) is 5.15. The van der Waals surface area contributed by atoms with Crippen molar-refractivity contribution in [1.82, 2.24) is 15.6 Å². The van der Waals surface area contributed by atoms with Crippen LogP contribution in [0.2, 0.25) is 0 Å². The number of aliphatic hydroxyl groups excluding tert-OH is 1. The third-order valence-corrected chi connectivity index (χ3v) is 8.12. The Balaban J connectivity index is 1.23. The van der Waals surface area contributed by atoms with Gasteiger partial charge in [0.2, 0.25) is 5.91 Å². The number of amides is 3. The van der Waals surface area contributed by atoms with Crippen molar-refractivity contribution in [1.29, 1.82) is 0 Å². The van der Waals surface area contributed by atoms with Crippen molar-refractivity contribution >= 4 is 35.1 Å². The number of aromatic nitrogens is 1. The normalized spacial score (nSPS) is 24.6. The number of aliphatic hydroxyl groups is 1. The Morgan fingerprint density at radius 1 is 1.08 bits per heavy atom. The van der Waals surface area contributed by atoms with E-state index in [0.717, 1.165) is 41.3 Å². The first-order chi connectivity index (χ1) is 17.6. The van der Waals surface area contributed by atoms with E-state index in [4.69, 9.17) is 4.74 Å². The molecule has 0 bridgehead atoms. The minimum atomic E-state index is -0.513. The van der Waals surface area contributed by atoms with Crippen molar-refractivity contribution in [2.45, 2.75) is 54.1 Å². The van der Waals surface area contributed by atoms with Crippen LogP contribution in [-0.2, 0) is 4.79 Å². The van der Waals surface area contributed by atoms with Gasteiger partial charge in [0.05, 0.1) is 23.5 Å². The van der Waals surface area contributed by atoms with Gasteiger partial charge in [-0.2, -0.15) is 0 Å². The van der Waals surface area contributed by atoms with Gasteiger partial charge < -0.3 is 20.5 Å². The molecule has 3 amide bonds. The summed E-state index contributed by atoms with van der Waals surface area (Å²) in [6.07, 6.45) is 4.38. The summed E-state index contributed by atoms with van der Waals surface area (Å²) in [5.74, 6) is 1.27. The van der Waals surface area contributed by atoms with Crippen LogP contribution < -0.4 is 20.3 Å². The van der Waals surface area contributed by atoms with E-state index in [-0.39, 0.29) is 24.1 Å². The van der Waals surface area contributed by atoms with Crippen molar-refractivity contribution in [3.63, 3.8) is 0 Å². The Hall–Kier alpha value is -3.56. The number of urea groups is 1. The highest BCUT2D eigenvalue weighted by Crippen LogP contribution is 2.50. The number of benzene rings is 2. The van der Waals surface area contributed by atoms with Gasteiger partial charge in [-0.05, 0) is 68.1 Å². The smallest absolute Gasteiger partial charge is 0.327 e. The minimum Gasteiger partial charge on any atom is -0.457 e. The molecule has 36 heavy (non-hydrogen) atoms. The number of carbonyl (C=O) groups excluding carboxylic acids is 2. The van der Waals surface area contributed by atoms with Gasteiger partial charge in [0.1, 0.15) is 21.8 Å². The van der Waals surface area contributed by atoms with Gasteiger partial charge in [0.25, 0.3) is 0 Å². The Bertz CT molecular complexity index is 1290. The molecule has 0 spiro atoms. The lowest BCUT2D eigenvalue weighted by molar-refractivity contribution is -0.122. The van der Waals surface area contributed by atoms with Crippen LogP contribution in [0.3, 0.4) is 0 Å². The number of rotatable bonds is 5. The Kier molecular flexibility index (Phi) is 6.02. The van der Waals surface area contributed by atoms with Gasteiger partial charge in [-0.25, -0.2) is 9.78 Å². The number of anilines is 2. The maximum atomic E-state index is 13.3. The molecule has 4 atom stereocenters. The molecule has 0 radical (unpaired) electrons.